The lowest BCUT2D eigenvalue weighted by molar-refractivity contribution is 0.181. The zero-order chi connectivity index (χ0) is 19.5. The summed E-state index contributed by atoms with van der Waals surface area (Å²) >= 11 is 7.79. The number of benzene rings is 1. The van der Waals surface area contributed by atoms with Crippen molar-refractivity contribution in [3.63, 3.8) is 0 Å². The Labute approximate surface area is 172 Å². The van der Waals surface area contributed by atoms with Gasteiger partial charge in [-0.3, -0.25) is 0 Å². The van der Waals surface area contributed by atoms with E-state index in [0.717, 1.165) is 46.7 Å². The molecule has 2 aromatic heterocycles. The molecule has 3 aromatic rings. The van der Waals surface area contributed by atoms with Crippen LogP contribution in [0.5, 0.6) is 5.88 Å². The van der Waals surface area contributed by atoms with Gasteiger partial charge in [-0.2, -0.15) is 0 Å². The smallest absolute Gasteiger partial charge is 0.317 e. The molecule has 1 saturated heterocycles. The minimum atomic E-state index is -0.0367. The molecule has 4 rings (SSSR count). The van der Waals surface area contributed by atoms with Crippen molar-refractivity contribution in [2.75, 3.05) is 20.2 Å². The molecule has 8 heteroatoms. The first-order valence-corrected chi connectivity index (χ1v) is 10.4. The third-order valence-electron chi connectivity index (χ3n) is 4.95. The highest BCUT2D eigenvalue weighted by atomic mass is 35.5. The van der Waals surface area contributed by atoms with Gasteiger partial charge in [0.05, 0.1) is 22.3 Å². The van der Waals surface area contributed by atoms with Crippen molar-refractivity contribution >= 4 is 39.2 Å². The Hall–Kier alpha value is -2.38. The minimum Gasteiger partial charge on any atom is -0.481 e. The van der Waals surface area contributed by atoms with Crippen molar-refractivity contribution in [3.05, 3.63) is 52.1 Å². The van der Waals surface area contributed by atoms with Crippen molar-refractivity contribution in [1.29, 1.82) is 0 Å². The molecule has 0 unspecified atom stereocenters. The molecule has 0 radical (unpaired) electrons. The van der Waals surface area contributed by atoms with Crippen LogP contribution in [0.3, 0.4) is 0 Å². The van der Waals surface area contributed by atoms with E-state index in [9.17, 15) is 4.79 Å². The summed E-state index contributed by atoms with van der Waals surface area (Å²) in [6.07, 6.45) is 3.56. The van der Waals surface area contributed by atoms with Gasteiger partial charge in [-0.05, 0) is 36.6 Å². The summed E-state index contributed by atoms with van der Waals surface area (Å²) < 4.78 is 6.20. The third-order valence-corrected chi connectivity index (χ3v) is 6.38. The molecule has 146 valence electrons. The molecule has 2 amide bonds. The van der Waals surface area contributed by atoms with Crippen LogP contribution < -0.4 is 10.1 Å². The number of nitrogens with zero attached hydrogens (tertiary/aromatic N) is 3. The fourth-order valence-electron chi connectivity index (χ4n) is 3.35. The first-order valence-electron chi connectivity index (χ1n) is 9.20. The maximum Gasteiger partial charge on any atom is 0.317 e. The van der Waals surface area contributed by atoms with Crippen molar-refractivity contribution in [2.45, 2.75) is 25.3 Å². The molecule has 1 aliphatic rings. The highest BCUT2D eigenvalue weighted by Gasteiger charge is 2.25. The van der Waals surface area contributed by atoms with E-state index in [1.54, 1.807) is 30.7 Å². The van der Waals surface area contributed by atoms with E-state index in [-0.39, 0.29) is 6.03 Å². The van der Waals surface area contributed by atoms with E-state index in [1.807, 2.05) is 29.2 Å². The number of hydrogen-bond acceptors (Lipinski definition) is 5. The molecule has 0 spiro atoms. The zero-order valence-corrected chi connectivity index (χ0v) is 17.1. The number of carbonyl (C=O) groups excluding carboxylic acids is 1. The van der Waals surface area contributed by atoms with E-state index < -0.39 is 0 Å². The predicted octanol–water partition coefficient (Wildman–Crippen LogP) is 4.44. The van der Waals surface area contributed by atoms with Gasteiger partial charge in [0.15, 0.2) is 0 Å². The van der Waals surface area contributed by atoms with Gasteiger partial charge in [-0.1, -0.05) is 17.7 Å². The SMILES string of the molecule is COc1ccc(CNC(=O)N2CCC(c3nc4cc(Cl)ccc4s3)CC2)cn1. The monoisotopic (exact) mass is 416 g/mol. The van der Waals surface area contributed by atoms with E-state index in [0.29, 0.717) is 23.4 Å². The number of amides is 2. The van der Waals surface area contributed by atoms with Crippen LogP contribution in [0.1, 0.15) is 29.3 Å². The summed E-state index contributed by atoms with van der Waals surface area (Å²) in [5.41, 5.74) is 1.90. The number of aromatic nitrogens is 2. The summed E-state index contributed by atoms with van der Waals surface area (Å²) in [7, 11) is 1.58. The second-order valence-corrected chi connectivity index (χ2v) is 8.29. The van der Waals surface area contributed by atoms with Crippen molar-refractivity contribution < 1.29 is 9.53 Å². The lowest BCUT2D eigenvalue weighted by atomic mass is 9.98. The second-order valence-electron chi connectivity index (χ2n) is 6.79. The average molecular weight is 417 g/mol. The molecular weight excluding hydrogens is 396 g/mol. The fraction of sp³-hybridized carbons (Fsp3) is 0.350. The molecule has 1 fully saturated rings. The van der Waals surface area contributed by atoms with E-state index in [1.165, 1.54) is 0 Å². The lowest BCUT2D eigenvalue weighted by Crippen LogP contribution is -2.43. The first-order chi connectivity index (χ1) is 13.6. The van der Waals surface area contributed by atoms with Crippen LogP contribution in [-0.2, 0) is 6.54 Å². The van der Waals surface area contributed by atoms with Crippen LogP contribution in [0.15, 0.2) is 36.5 Å². The van der Waals surface area contributed by atoms with Crippen molar-refractivity contribution in [2.24, 2.45) is 0 Å². The van der Waals surface area contributed by atoms with Crippen LogP contribution in [0.25, 0.3) is 10.2 Å². The molecule has 0 aliphatic carbocycles. The van der Waals surface area contributed by atoms with Crippen molar-refractivity contribution in [1.82, 2.24) is 20.2 Å². The first kappa shape index (κ1) is 19.0. The van der Waals surface area contributed by atoms with Crippen LogP contribution in [-0.4, -0.2) is 41.1 Å². The van der Waals surface area contributed by atoms with E-state index in [4.69, 9.17) is 21.3 Å². The van der Waals surface area contributed by atoms with Gasteiger partial charge < -0.3 is 15.0 Å². The number of piperidine rings is 1. The number of methoxy groups -OCH3 is 1. The van der Waals surface area contributed by atoms with E-state index in [2.05, 4.69) is 10.3 Å². The number of rotatable bonds is 4. The second kappa shape index (κ2) is 8.32. The van der Waals surface area contributed by atoms with Gasteiger partial charge >= 0.3 is 6.03 Å². The van der Waals surface area contributed by atoms with Gasteiger partial charge in [0.2, 0.25) is 5.88 Å². The number of ether oxygens (including phenoxy) is 1. The maximum atomic E-state index is 12.5. The summed E-state index contributed by atoms with van der Waals surface area (Å²) in [4.78, 5) is 23.2. The number of hydrogen-bond donors (Lipinski definition) is 1. The molecule has 1 aliphatic heterocycles. The topological polar surface area (TPSA) is 67.3 Å². The molecule has 0 saturated carbocycles. The molecule has 6 nitrogen and oxygen atoms in total. The molecule has 1 N–H and O–H groups in total. The zero-order valence-electron chi connectivity index (χ0n) is 15.5. The molecule has 28 heavy (non-hydrogen) atoms. The summed E-state index contributed by atoms with van der Waals surface area (Å²) in [6, 6.07) is 9.49. The number of likely N-dealkylation sites (tertiary alicyclic amines) is 1. The van der Waals surface area contributed by atoms with E-state index >= 15 is 0 Å². The minimum absolute atomic E-state index is 0.0367. The average Bonchev–Trinajstić information content (AvgIpc) is 3.15. The quantitative estimate of drug-likeness (QED) is 0.682. The fourth-order valence-corrected chi connectivity index (χ4v) is 4.63. The Morgan fingerprint density at radius 1 is 1.32 bits per heavy atom. The summed E-state index contributed by atoms with van der Waals surface area (Å²) in [5, 5.41) is 4.82. The molecule has 3 heterocycles. The largest absolute Gasteiger partial charge is 0.481 e. The highest BCUT2D eigenvalue weighted by Crippen LogP contribution is 2.34. The van der Waals surface area contributed by atoms with Crippen LogP contribution in [0, 0.1) is 0 Å². The molecule has 0 bridgehead atoms. The Bertz CT molecular complexity index is 968. The molecule has 1 aromatic carbocycles. The van der Waals surface area contributed by atoms with Gasteiger partial charge in [0.1, 0.15) is 0 Å². The van der Waals surface area contributed by atoms with Crippen molar-refractivity contribution in [3.8, 4) is 5.88 Å². The van der Waals surface area contributed by atoms with Gasteiger partial charge in [0, 0.05) is 42.8 Å². The Morgan fingerprint density at radius 2 is 2.14 bits per heavy atom. The number of nitrogens with one attached hydrogen (secondary N) is 1. The van der Waals surface area contributed by atoms with Gasteiger partial charge in [-0.25, -0.2) is 14.8 Å². The van der Waals surface area contributed by atoms with Crippen LogP contribution in [0.2, 0.25) is 5.02 Å². The highest BCUT2D eigenvalue weighted by molar-refractivity contribution is 7.18. The van der Waals surface area contributed by atoms with Crippen LogP contribution in [0.4, 0.5) is 4.79 Å². The third kappa shape index (κ3) is 4.20. The Balaban J connectivity index is 1.30. The maximum absolute atomic E-state index is 12.5. The predicted molar refractivity (Wildman–Crippen MR) is 111 cm³/mol. The Morgan fingerprint density at radius 3 is 2.86 bits per heavy atom. The number of halogens is 1. The number of fused-ring (bicyclic) bond motifs is 1. The number of thiazole rings is 1. The number of carbonyl (C=O) groups is 1. The van der Waals surface area contributed by atoms with Gasteiger partial charge in [0.25, 0.3) is 0 Å². The standard InChI is InChI=1S/C20H21ClN4O2S/c1-27-18-5-2-13(11-22-18)12-23-20(26)25-8-6-14(7-9-25)19-24-16-10-15(21)3-4-17(16)28-19/h2-5,10-11,14H,6-9,12H2,1H3,(H,23,26). The number of urea groups is 1. The summed E-state index contributed by atoms with van der Waals surface area (Å²) in [6.45, 7) is 1.91. The Kier molecular flexibility index (Phi) is 5.64. The lowest BCUT2D eigenvalue weighted by Gasteiger charge is -2.31. The van der Waals surface area contributed by atoms with Crippen LogP contribution >= 0.6 is 22.9 Å². The normalized spacial score (nSPS) is 15.0. The molecular formula is C20H21ClN4O2S. The molecule has 0 atom stereocenters. The summed E-state index contributed by atoms with van der Waals surface area (Å²) in [5.74, 6) is 0.959. The van der Waals surface area contributed by atoms with Gasteiger partial charge in [-0.15, -0.1) is 11.3 Å². The number of pyridine rings is 1.